The Morgan fingerprint density at radius 3 is 2.31 bits per heavy atom. The largest absolute Gasteiger partial charge is 0.360 e. The minimum Gasteiger partial charge on any atom is -0.350 e. The fourth-order valence-electron chi connectivity index (χ4n) is 1.33. The zero-order valence-corrected chi connectivity index (χ0v) is 8.08. The van der Waals surface area contributed by atoms with Crippen LogP contribution < -0.4 is 17.1 Å². The molecule has 0 bridgehead atoms. The predicted molar refractivity (Wildman–Crippen MR) is 55.6 cm³/mol. The topological polar surface area (TPSA) is 103 Å². The van der Waals surface area contributed by atoms with Gasteiger partial charge in [0.05, 0.1) is 5.69 Å². The number of nitrogens with zero attached hydrogens (tertiary/aromatic N) is 2. The summed E-state index contributed by atoms with van der Waals surface area (Å²) in [4.78, 5) is 33.9. The molecule has 1 amide bonds. The summed E-state index contributed by atoms with van der Waals surface area (Å²) in [6, 6.07) is 7.19. The van der Waals surface area contributed by atoms with Gasteiger partial charge in [-0.2, -0.15) is 0 Å². The van der Waals surface area contributed by atoms with Crippen molar-refractivity contribution in [2.24, 2.45) is 5.73 Å². The number of nitrogens with two attached hydrogens (primary N) is 1. The van der Waals surface area contributed by atoms with Gasteiger partial charge in [-0.05, 0) is 12.1 Å². The van der Waals surface area contributed by atoms with Crippen LogP contribution in [0.25, 0.3) is 5.69 Å². The first kappa shape index (κ1) is 9.97. The number of carbonyl (C=O) groups is 1. The number of hydrogen-bond acceptors (Lipinski definition) is 3. The van der Waals surface area contributed by atoms with Crippen molar-refractivity contribution < 1.29 is 4.79 Å². The summed E-state index contributed by atoms with van der Waals surface area (Å²) in [5.74, 6) is 0. The van der Waals surface area contributed by atoms with Gasteiger partial charge in [0.25, 0.3) is 0 Å². The summed E-state index contributed by atoms with van der Waals surface area (Å²) in [7, 11) is 0. The van der Waals surface area contributed by atoms with Crippen molar-refractivity contribution in [3.8, 4) is 5.69 Å². The first-order valence-corrected chi connectivity index (χ1v) is 4.40. The number of H-pyrrole nitrogens is 1. The number of rotatable bonds is 1. The maximum absolute atomic E-state index is 11.6. The zero-order valence-electron chi connectivity index (χ0n) is 8.08. The molecule has 0 atom stereocenters. The number of aromatic nitrogens is 3. The summed E-state index contributed by atoms with van der Waals surface area (Å²) >= 11 is 0. The summed E-state index contributed by atoms with van der Waals surface area (Å²) < 4.78 is 1.28. The van der Waals surface area contributed by atoms with Crippen molar-refractivity contribution in [3.63, 3.8) is 0 Å². The second kappa shape index (κ2) is 3.54. The monoisotopic (exact) mass is 220 g/mol. The highest BCUT2D eigenvalue weighted by molar-refractivity contribution is 5.73. The van der Waals surface area contributed by atoms with Crippen LogP contribution in [0.15, 0.2) is 39.9 Å². The van der Waals surface area contributed by atoms with E-state index in [4.69, 9.17) is 5.73 Å². The van der Waals surface area contributed by atoms with Crippen LogP contribution >= 0.6 is 0 Å². The second-order valence-electron chi connectivity index (χ2n) is 3.04. The van der Waals surface area contributed by atoms with E-state index in [1.54, 1.807) is 30.3 Å². The van der Waals surface area contributed by atoms with Crippen LogP contribution in [0.4, 0.5) is 4.79 Å². The summed E-state index contributed by atoms with van der Waals surface area (Å²) in [5.41, 5.74) is 3.76. The van der Waals surface area contributed by atoms with Crippen LogP contribution in [0.1, 0.15) is 0 Å². The van der Waals surface area contributed by atoms with E-state index in [9.17, 15) is 14.4 Å². The quantitative estimate of drug-likeness (QED) is 0.661. The number of primary amides is 1. The predicted octanol–water partition coefficient (Wildman–Crippen LogP) is -0.746. The van der Waals surface area contributed by atoms with Crippen molar-refractivity contribution in [1.82, 2.24) is 14.3 Å². The van der Waals surface area contributed by atoms with Gasteiger partial charge in [-0.1, -0.05) is 18.2 Å². The fourth-order valence-corrected chi connectivity index (χ4v) is 1.33. The van der Waals surface area contributed by atoms with Crippen molar-refractivity contribution in [2.75, 3.05) is 0 Å². The number of carbonyl (C=O) groups excluding carboxylic acids is 1. The third-order valence-electron chi connectivity index (χ3n) is 2.03. The average Bonchev–Trinajstić information content (AvgIpc) is 2.56. The van der Waals surface area contributed by atoms with E-state index in [0.29, 0.717) is 10.4 Å². The van der Waals surface area contributed by atoms with Gasteiger partial charge < -0.3 is 5.73 Å². The first-order chi connectivity index (χ1) is 7.61. The summed E-state index contributed by atoms with van der Waals surface area (Å²) in [6.07, 6.45) is 0. The number of amides is 1. The highest BCUT2D eigenvalue weighted by atomic mass is 16.2. The molecule has 1 aromatic carbocycles. The van der Waals surface area contributed by atoms with Gasteiger partial charge in [0.1, 0.15) is 0 Å². The Labute approximate surface area is 88.7 Å². The van der Waals surface area contributed by atoms with Gasteiger partial charge in [0.2, 0.25) is 0 Å². The van der Waals surface area contributed by atoms with Gasteiger partial charge in [0.15, 0.2) is 0 Å². The van der Waals surface area contributed by atoms with Crippen LogP contribution in [-0.2, 0) is 0 Å². The van der Waals surface area contributed by atoms with E-state index in [1.165, 1.54) is 0 Å². The molecular weight excluding hydrogens is 212 g/mol. The van der Waals surface area contributed by atoms with Crippen molar-refractivity contribution in [1.29, 1.82) is 0 Å². The second-order valence-corrected chi connectivity index (χ2v) is 3.04. The molecule has 0 unspecified atom stereocenters. The van der Waals surface area contributed by atoms with Gasteiger partial charge in [0, 0.05) is 0 Å². The summed E-state index contributed by atoms with van der Waals surface area (Å²) in [6.45, 7) is 0. The van der Waals surface area contributed by atoms with Crippen molar-refractivity contribution in [3.05, 3.63) is 51.3 Å². The molecule has 82 valence electrons. The number of para-hydroxylation sites is 1. The Morgan fingerprint density at radius 2 is 1.81 bits per heavy atom. The zero-order chi connectivity index (χ0) is 11.7. The molecule has 2 rings (SSSR count). The number of benzene rings is 1. The first-order valence-electron chi connectivity index (χ1n) is 4.40. The van der Waals surface area contributed by atoms with Crippen LogP contribution in [0.5, 0.6) is 0 Å². The molecule has 2 aromatic rings. The fraction of sp³-hybridized carbons (Fsp3) is 0. The molecule has 0 saturated heterocycles. The van der Waals surface area contributed by atoms with E-state index in [2.05, 4.69) is 0 Å². The molecule has 7 nitrogen and oxygen atoms in total. The lowest BCUT2D eigenvalue weighted by Gasteiger charge is -1.96. The molecular formula is C9H8N4O3. The Morgan fingerprint density at radius 1 is 1.19 bits per heavy atom. The average molecular weight is 220 g/mol. The Balaban J connectivity index is 2.73. The summed E-state index contributed by atoms with van der Waals surface area (Å²) in [5, 5.41) is 2.05. The molecule has 0 aliphatic heterocycles. The molecule has 0 aliphatic carbocycles. The Kier molecular flexibility index (Phi) is 2.20. The van der Waals surface area contributed by atoms with Gasteiger partial charge in [-0.25, -0.2) is 24.0 Å². The van der Waals surface area contributed by atoms with E-state index in [1.807, 2.05) is 5.10 Å². The van der Waals surface area contributed by atoms with Crippen LogP contribution in [0.2, 0.25) is 0 Å². The lowest BCUT2D eigenvalue weighted by Crippen LogP contribution is -2.33. The molecule has 0 spiro atoms. The lowest BCUT2D eigenvalue weighted by atomic mass is 10.3. The maximum Gasteiger partial charge on any atom is 0.360 e. The normalized spacial score (nSPS) is 10.2. The molecule has 16 heavy (non-hydrogen) atoms. The Hall–Kier alpha value is -2.57. The molecule has 0 saturated carbocycles. The van der Waals surface area contributed by atoms with Crippen LogP contribution in [0, 0.1) is 0 Å². The van der Waals surface area contributed by atoms with E-state index >= 15 is 0 Å². The third kappa shape index (κ3) is 1.44. The number of aromatic amines is 1. The molecule has 0 fully saturated rings. The standard InChI is InChI=1S/C9H8N4O3/c10-7(14)13-9(16)12(8(15)11-13)6-4-2-1-3-5-6/h1-5H,(H2,10,14)(H,11,15). The molecule has 7 heteroatoms. The third-order valence-corrected chi connectivity index (χ3v) is 2.03. The molecule has 1 aromatic heterocycles. The SMILES string of the molecule is NC(=O)n1[nH]c(=O)n(-c2ccccc2)c1=O. The Bertz CT molecular complexity index is 635. The molecule has 0 aliphatic rings. The van der Waals surface area contributed by atoms with Crippen LogP contribution in [-0.4, -0.2) is 20.4 Å². The number of nitrogens with one attached hydrogen (secondary N) is 1. The van der Waals surface area contributed by atoms with Crippen LogP contribution in [0.3, 0.4) is 0 Å². The minimum atomic E-state index is -1.03. The molecule has 0 radical (unpaired) electrons. The van der Waals surface area contributed by atoms with Gasteiger partial charge in [-0.3, -0.25) is 0 Å². The maximum atomic E-state index is 11.6. The van der Waals surface area contributed by atoms with E-state index in [0.717, 1.165) is 4.57 Å². The smallest absolute Gasteiger partial charge is 0.350 e. The molecule has 3 N–H and O–H groups in total. The van der Waals surface area contributed by atoms with Crippen molar-refractivity contribution >= 4 is 6.03 Å². The lowest BCUT2D eigenvalue weighted by molar-refractivity contribution is 0.246. The van der Waals surface area contributed by atoms with E-state index in [-0.39, 0.29) is 0 Å². The van der Waals surface area contributed by atoms with Crippen molar-refractivity contribution in [2.45, 2.75) is 0 Å². The van der Waals surface area contributed by atoms with Gasteiger partial charge in [-0.15, -0.1) is 4.68 Å². The molecule has 1 heterocycles. The highest BCUT2D eigenvalue weighted by Gasteiger charge is 2.13. The highest BCUT2D eigenvalue weighted by Crippen LogP contribution is 1.99. The minimum absolute atomic E-state index is 0.369. The van der Waals surface area contributed by atoms with E-state index < -0.39 is 17.4 Å². The van der Waals surface area contributed by atoms with Gasteiger partial charge >= 0.3 is 17.4 Å². The number of hydrogen-bond donors (Lipinski definition) is 2.